The van der Waals surface area contributed by atoms with Crippen molar-refractivity contribution in [2.24, 2.45) is 5.10 Å². The minimum Gasteiger partial charge on any atom is -0.486 e. The van der Waals surface area contributed by atoms with E-state index in [4.69, 9.17) is 4.74 Å². The molecule has 5 rings (SSSR count). The molecule has 5 N–H and O–H groups in total. The second kappa shape index (κ2) is 10.5. The van der Waals surface area contributed by atoms with Gasteiger partial charge < -0.3 is 20.1 Å². The largest absolute Gasteiger partial charge is 0.486 e. The third-order valence-electron chi connectivity index (χ3n) is 6.77. The van der Waals surface area contributed by atoms with Gasteiger partial charge in [-0.05, 0) is 41.3 Å². The average molecular weight is 494 g/mol. The minimum atomic E-state index is -0.343. The summed E-state index contributed by atoms with van der Waals surface area (Å²) in [6, 6.07) is 13.2. The first kappa shape index (κ1) is 24.0. The molecule has 1 fully saturated rings. The Labute approximate surface area is 209 Å². The maximum atomic E-state index is 13.4. The summed E-state index contributed by atoms with van der Waals surface area (Å²) >= 11 is 0. The van der Waals surface area contributed by atoms with Gasteiger partial charge in [0.15, 0.2) is 5.84 Å². The fraction of sp³-hybridized carbons (Fsp3) is 0.400. The van der Waals surface area contributed by atoms with Crippen LogP contribution in [0, 0.1) is 0 Å². The van der Waals surface area contributed by atoms with E-state index < -0.39 is 0 Å². The van der Waals surface area contributed by atoms with Gasteiger partial charge in [-0.2, -0.15) is 0 Å². The summed E-state index contributed by atoms with van der Waals surface area (Å²) in [4.78, 5) is 29.1. The summed E-state index contributed by atoms with van der Waals surface area (Å²) in [5, 5.41) is 16.9. The number of ether oxygens (including phenoxy) is 1. The molecule has 2 atom stereocenters. The van der Waals surface area contributed by atoms with Crippen LogP contribution in [-0.2, 0) is 22.4 Å². The smallest absolute Gasteiger partial charge is 0.228 e. The Balaban J connectivity index is 1.32. The molecule has 11 heteroatoms. The molecule has 0 spiro atoms. The van der Waals surface area contributed by atoms with E-state index in [9.17, 15) is 14.7 Å². The van der Waals surface area contributed by atoms with Gasteiger partial charge in [-0.15, -0.1) is 10.6 Å². The van der Waals surface area contributed by atoms with Crippen LogP contribution in [0.2, 0.25) is 0 Å². The number of hydrogen-bond donors (Lipinski definition) is 5. The zero-order valence-electron chi connectivity index (χ0n) is 20.2. The highest BCUT2D eigenvalue weighted by Gasteiger charge is 2.29. The van der Waals surface area contributed by atoms with E-state index in [1.807, 2.05) is 49.5 Å². The molecule has 2 aromatic carbocycles. The molecule has 0 aromatic heterocycles. The monoisotopic (exact) mass is 493 g/mol. The highest BCUT2D eigenvalue weighted by molar-refractivity contribution is 5.99. The maximum Gasteiger partial charge on any atom is 0.228 e. The SMILES string of the molecule is CN(C(=O)Cc1ccc2c(c1)NC(=O)C2)[C@H](CN1CC[C@H](O)C1)c1cccc(OCC2=NNNN2)c1. The summed E-state index contributed by atoms with van der Waals surface area (Å²) in [6.07, 6.45) is 0.985. The third kappa shape index (κ3) is 5.59. The quantitative estimate of drug-likeness (QED) is 0.337. The van der Waals surface area contributed by atoms with Crippen molar-refractivity contribution in [1.29, 1.82) is 0 Å². The van der Waals surface area contributed by atoms with E-state index in [2.05, 4.69) is 31.8 Å². The topological polar surface area (TPSA) is 131 Å². The Kier molecular flexibility index (Phi) is 7.03. The molecule has 190 valence electrons. The Morgan fingerprint density at radius 1 is 1.31 bits per heavy atom. The number of hydrazine groups is 2. The molecule has 1 saturated heterocycles. The fourth-order valence-electron chi connectivity index (χ4n) is 4.77. The number of amidine groups is 1. The van der Waals surface area contributed by atoms with Crippen LogP contribution in [0.5, 0.6) is 5.75 Å². The van der Waals surface area contributed by atoms with Gasteiger partial charge in [0.2, 0.25) is 11.8 Å². The second-order valence-corrected chi connectivity index (χ2v) is 9.40. The first-order chi connectivity index (χ1) is 17.4. The van der Waals surface area contributed by atoms with Crippen molar-refractivity contribution in [3.8, 4) is 5.75 Å². The van der Waals surface area contributed by atoms with Crippen molar-refractivity contribution in [3.63, 3.8) is 0 Å². The highest BCUT2D eigenvalue weighted by atomic mass is 16.5. The van der Waals surface area contributed by atoms with Gasteiger partial charge in [0.1, 0.15) is 12.4 Å². The number of benzene rings is 2. The average Bonchev–Trinajstić information content (AvgIpc) is 3.61. The summed E-state index contributed by atoms with van der Waals surface area (Å²) in [5.74, 6) is 1.24. The predicted octanol–water partition coefficient (Wildman–Crippen LogP) is 0.295. The Bertz CT molecular complexity index is 1170. The van der Waals surface area contributed by atoms with Gasteiger partial charge >= 0.3 is 0 Å². The number of carbonyl (C=O) groups is 2. The van der Waals surface area contributed by atoms with Gasteiger partial charge in [-0.1, -0.05) is 24.3 Å². The number of nitrogens with zero attached hydrogens (tertiary/aromatic N) is 3. The predicted molar refractivity (Wildman–Crippen MR) is 134 cm³/mol. The lowest BCUT2D eigenvalue weighted by Gasteiger charge is -2.32. The maximum absolute atomic E-state index is 13.4. The lowest BCUT2D eigenvalue weighted by molar-refractivity contribution is -0.131. The number of aliphatic hydroxyl groups excluding tert-OH is 1. The second-order valence-electron chi connectivity index (χ2n) is 9.40. The lowest BCUT2D eigenvalue weighted by atomic mass is 10.0. The number of anilines is 1. The summed E-state index contributed by atoms with van der Waals surface area (Å²) in [5.41, 5.74) is 11.7. The molecule has 2 aromatic rings. The van der Waals surface area contributed by atoms with Gasteiger partial charge in [-0.3, -0.25) is 19.9 Å². The molecule has 0 saturated carbocycles. The Hall–Kier alpha value is -3.67. The molecule has 3 aliphatic heterocycles. The number of hydrogen-bond acceptors (Lipinski definition) is 9. The summed E-state index contributed by atoms with van der Waals surface area (Å²) in [7, 11) is 1.82. The van der Waals surface area contributed by atoms with Crippen LogP contribution in [0.1, 0.15) is 29.2 Å². The first-order valence-electron chi connectivity index (χ1n) is 12.1. The number of β-amino-alcohol motifs (C(OH)–C–C–N with tert-alkyl or cyclic N) is 1. The van der Waals surface area contributed by atoms with E-state index >= 15 is 0 Å². The van der Waals surface area contributed by atoms with Crippen LogP contribution in [0.3, 0.4) is 0 Å². The number of hydrazone groups is 1. The zero-order valence-corrected chi connectivity index (χ0v) is 20.2. The number of nitrogens with one attached hydrogen (secondary N) is 4. The number of likely N-dealkylation sites (tertiary alicyclic amines) is 1. The molecule has 3 aliphatic rings. The van der Waals surface area contributed by atoms with Crippen LogP contribution in [-0.4, -0.2) is 71.9 Å². The number of carbonyl (C=O) groups excluding carboxylic acids is 2. The highest BCUT2D eigenvalue weighted by Crippen LogP contribution is 2.28. The Morgan fingerprint density at radius 2 is 2.19 bits per heavy atom. The minimum absolute atomic E-state index is 0.0242. The van der Waals surface area contributed by atoms with E-state index in [1.54, 1.807) is 4.90 Å². The van der Waals surface area contributed by atoms with Gasteiger partial charge in [-0.25, -0.2) is 5.53 Å². The van der Waals surface area contributed by atoms with Crippen molar-refractivity contribution in [2.45, 2.75) is 31.4 Å². The van der Waals surface area contributed by atoms with Crippen molar-refractivity contribution in [1.82, 2.24) is 26.3 Å². The van der Waals surface area contributed by atoms with Crippen LogP contribution < -0.4 is 26.5 Å². The van der Waals surface area contributed by atoms with Crippen molar-refractivity contribution in [3.05, 3.63) is 59.2 Å². The van der Waals surface area contributed by atoms with E-state index in [0.29, 0.717) is 31.1 Å². The van der Waals surface area contributed by atoms with Crippen LogP contribution in [0.15, 0.2) is 47.6 Å². The van der Waals surface area contributed by atoms with E-state index in [-0.39, 0.29) is 37.0 Å². The standard InChI is InChI=1S/C25H31N7O4/c1-31(25(35)10-16-5-6-17-12-24(34)26-21(17)9-16)22(14-32-8-7-19(33)13-32)18-3-2-4-20(11-18)36-15-23-27-29-30-28-23/h2-6,9,11,19,22,29-30,33H,7-8,10,12-15H2,1H3,(H,26,34)(H,27,28)/t19-,22+/m0/s1. The molecule has 3 heterocycles. The first-order valence-corrected chi connectivity index (χ1v) is 12.1. The van der Waals surface area contributed by atoms with Crippen LogP contribution >= 0.6 is 0 Å². The van der Waals surface area contributed by atoms with Crippen molar-refractivity contribution in [2.75, 3.05) is 38.6 Å². The van der Waals surface area contributed by atoms with Crippen LogP contribution in [0.4, 0.5) is 5.69 Å². The van der Waals surface area contributed by atoms with Crippen LogP contribution in [0.25, 0.3) is 0 Å². The van der Waals surface area contributed by atoms with Crippen molar-refractivity contribution < 1.29 is 19.4 Å². The Morgan fingerprint density at radius 3 is 2.97 bits per heavy atom. The normalized spacial score (nSPS) is 19.7. The number of fused-ring (bicyclic) bond motifs is 1. The molecular formula is C25H31N7O4. The molecule has 0 unspecified atom stereocenters. The van der Waals surface area contributed by atoms with Gasteiger partial charge in [0.25, 0.3) is 0 Å². The molecule has 11 nitrogen and oxygen atoms in total. The zero-order chi connectivity index (χ0) is 25.1. The molecular weight excluding hydrogens is 462 g/mol. The molecule has 36 heavy (non-hydrogen) atoms. The molecule has 0 bridgehead atoms. The molecule has 0 aliphatic carbocycles. The number of likely N-dealkylation sites (N-methyl/N-ethyl adjacent to an activating group) is 1. The summed E-state index contributed by atoms with van der Waals surface area (Å²) in [6.45, 7) is 2.23. The summed E-state index contributed by atoms with van der Waals surface area (Å²) < 4.78 is 5.89. The molecule has 2 amide bonds. The number of rotatable bonds is 9. The molecule has 0 radical (unpaired) electrons. The van der Waals surface area contributed by atoms with E-state index in [0.717, 1.165) is 35.3 Å². The van der Waals surface area contributed by atoms with Gasteiger partial charge in [0.05, 0.1) is 25.0 Å². The lowest BCUT2D eigenvalue weighted by Crippen LogP contribution is -2.39. The third-order valence-corrected chi connectivity index (χ3v) is 6.77. The fourth-order valence-corrected chi connectivity index (χ4v) is 4.77. The number of aliphatic hydroxyl groups is 1. The van der Waals surface area contributed by atoms with Gasteiger partial charge in [0, 0.05) is 32.4 Å². The number of amides is 2. The van der Waals surface area contributed by atoms with Crippen molar-refractivity contribution >= 4 is 23.3 Å². The van der Waals surface area contributed by atoms with E-state index in [1.165, 1.54) is 0 Å².